The van der Waals surface area contributed by atoms with Crippen molar-refractivity contribution in [1.82, 2.24) is 15.1 Å². The molecule has 0 N–H and O–H groups in total. The summed E-state index contributed by atoms with van der Waals surface area (Å²) < 4.78 is 0. The molecule has 0 atom stereocenters. The standard InChI is InChI=1S/C14H17Cl2N3O/c15-11-9-10(12(16)18-17-11)13(20)19-7-5-14(6-8-19)3-1-2-4-14/h9H,1-8H2. The first-order valence-corrected chi connectivity index (χ1v) is 7.83. The van der Waals surface area contributed by atoms with Crippen LogP contribution in [0.2, 0.25) is 10.3 Å². The molecule has 4 nitrogen and oxygen atoms in total. The molecule has 1 aliphatic heterocycles. The average Bonchev–Trinajstić information content (AvgIpc) is 2.90. The number of amides is 1. The Kier molecular flexibility index (Phi) is 3.87. The highest BCUT2D eigenvalue weighted by Gasteiger charge is 2.38. The number of halogens is 2. The van der Waals surface area contributed by atoms with Crippen LogP contribution in [0.4, 0.5) is 0 Å². The van der Waals surface area contributed by atoms with Crippen LogP contribution in [-0.4, -0.2) is 34.1 Å². The van der Waals surface area contributed by atoms with Crippen molar-refractivity contribution < 1.29 is 4.79 Å². The van der Waals surface area contributed by atoms with Crippen LogP contribution in [0.25, 0.3) is 0 Å². The molecular weight excluding hydrogens is 297 g/mol. The minimum atomic E-state index is -0.0837. The van der Waals surface area contributed by atoms with Gasteiger partial charge in [0.05, 0.1) is 5.56 Å². The van der Waals surface area contributed by atoms with Gasteiger partial charge in [-0.3, -0.25) is 4.79 Å². The summed E-state index contributed by atoms with van der Waals surface area (Å²) in [5, 5.41) is 7.66. The summed E-state index contributed by atoms with van der Waals surface area (Å²) in [5.74, 6) is -0.0837. The molecule has 1 aromatic heterocycles. The van der Waals surface area contributed by atoms with Crippen molar-refractivity contribution in [2.75, 3.05) is 13.1 Å². The molecule has 1 aliphatic carbocycles. The van der Waals surface area contributed by atoms with Crippen molar-refractivity contribution in [2.24, 2.45) is 5.41 Å². The second-order valence-electron chi connectivity index (χ2n) is 5.87. The van der Waals surface area contributed by atoms with Gasteiger partial charge in [0, 0.05) is 13.1 Å². The van der Waals surface area contributed by atoms with Gasteiger partial charge in [-0.15, -0.1) is 10.2 Å². The highest BCUT2D eigenvalue weighted by Crippen LogP contribution is 2.46. The molecule has 2 heterocycles. The summed E-state index contributed by atoms with van der Waals surface area (Å²) in [7, 11) is 0. The summed E-state index contributed by atoms with van der Waals surface area (Å²) in [6, 6.07) is 1.50. The van der Waals surface area contributed by atoms with Crippen LogP contribution in [0, 0.1) is 5.41 Å². The van der Waals surface area contributed by atoms with Gasteiger partial charge < -0.3 is 4.90 Å². The van der Waals surface area contributed by atoms with Crippen LogP contribution < -0.4 is 0 Å². The van der Waals surface area contributed by atoms with Gasteiger partial charge in [0.2, 0.25) is 0 Å². The topological polar surface area (TPSA) is 46.1 Å². The number of carbonyl (C=O) groups is 1. The van der Waals surface area contributed by atoms with Gasteiger partial charge in [0.1, 0.15) is 0 Å². The predicted molar refractivity (Wildman–Crippen MR) is 78.1 cm³/mol. The Labute approximate surface area is 128 Å². The van der Waals surface area contributed by atoms with E-state index >= 15 is 0 Å². The zero-order valence-electron chi connectivity index (χ0n) is 11.2. The molecular formula is C14H17Cl2N3O. The van der Waals surface area contributed by atoms with E-state index in [1.165, 1.54) is 31.7 Å². The minimum absolute atomic E-state index is 0.0837. The Morgan fingerprint density at radius 1 is 1.10 bits per heavy atom. The molecule has 1 aromatic rings. The van der Waals surface area contributed by atoms with Crippen molar-refractivity contribution in [3.05, 3.63) is 21.9 Å². The number of piperidine rings is 1. The molecule has 2 fully saturated rings. The first kappa shape index (κ1) is 14.1. The van der Waals surface area contributed by atoms with E-state index in [4.69, 9.17) is 23.2 Å². The van der Waals surface area contributed by atoms with Crippen molar-refractivity contribution in [2.45, 2.75) is 38.5 Å². The van der Waals surface area contributed by atoms with E-state index in [0.29, 0.717) is 11.0 Å². The van der Waals surface area contributed by atoms with Crippen molar-refractivity contribution in [3.8, 4) is 0 Å². The smallest absolute Gasteiger partial charge is 0.257 e. The molecule has 1 saturated heterocycles. The van der Waals surface area contributed by atoms with E-state index in [1.807, 2.05) is 4.90 Å². The van der Waals surface area contributed by atoms with E-state index in [-0.39, 0.29) is 16.2 Å². The fourth-order valence-corrected chi connectivity index (χ4v) is 3.80. The third kappa shape index (κ3) is 2.63. The fraction of sp³-hybridized carbons (Fsp3) is 0.643. The number of likely N-dealkylation sites (tertiary alicyclic amines) is 1. The SMILES string of the molecule is O=C(c1cc(Cl)nnc1Cl)N1CCC2(CCCC2)CC1. The number of aromatic nitrogens is 2. The van der Waals surface area contributed by atoms with E-state index in [1.54, 1.807) is 0 Å². The van der Waals surface area contributed by atoms with Gasteiger partial charge in [0.25, 0.3) is 5.91 Å². The lowest BCUT2D eigenvalue weighted by molar-refractivity contribution is 0.0587. The van der Waals surface area contributed by atoms with Crippen molar-refractivity contribution in [3.63, 3.8) is 0 Å². The van der Waals surface area contributed by atoms with Gasteiger partial charge in [-0.25, -0.2) is 0 Å². The summed E-state index contributed by atoms with van der Waals surface area (Å²) in [4.78, 5) is 14.4. The Bertz CT molecular complexity index is 519. The molecule has 6 heteroatoms. The molecule has 0 unspecified atom stereocenters. The van der Waals surface area contributed by atoms with Gasteiger partial charge in [0.15, 0.2) is 10.3 Å². The summed E-state index contributed by atoms with van der Waals surface area (Å²) in [6.45, 7) is 1.60. The van der Waals surface area contributed by atoms with Crippen LogP contribution in [0.3, 0.4) is 0 Å². The number of hydrogen-bond donors (Lipinski definition) is 0. The number of rotatable bonds is 1. The Balaban J connectivity index is 1.71. The molecule has 0 bridgehead atoms. The van der Waals surface area contributed by atoms with Crippen LogP contribution in [-0.2, 0) is 0 Å². The third-order valence-corrected chi connectivity index (χ3v) is 5.19. The molecule has 3 rings (SSSR count). The molecule has 1 saturated carbocycles. The zero-order valence-corrected chi connectivity index (χ0v) is 12.8. The largest absolute Gasteiger partial charge is 0.339 e. The maximum absolute atomic E-state index is 12.5. The quantitative estimate of drug-likeness (QED) is 0.796. The zero-order chi connectivity index (χ0) is 14.2. The van der Waals surface area contributed by atoms with E-state index in [2.05, 4.69) is 10.2 Å². The van der Waals surface area contributed by atoms with Gasteiger partial charge in [-0.1, -0.05) is 36.0 Å². The maximum atomic E-state index is 12.5. The van der Waals surface area contributed by atoms with E-state index in [0.717, 1.165) is 25.9 Å². The van der Waals surface area contributed by atoms with E-state index < -0.39 is 0 Å². The van der Waals surface area contributed by atoms with Gasteiger partial charge in [-0.05, 0) is 37.2 Å². The van der Waals surface area contributed by atoms with Crippen molar-refractivity contribution >= 4 is 29.1 Å². The average molecular weight is 314 g/mol. The first-order valence-electron chi connectivity index (χ1n) is 7.08. The Morgan fingerprint density at radius 2 is 1.75 bits per heavy atom. The summed E-state index contributed by atoms with van der Waals surface area (Å²) in [6.07, 6.45) is 7.51. The molecule has 2 aliphatic rings. The minimum Gasteiger partial charge on any atom is -0.339 e. The Morgan fingerprint density at radius 3 is 2.40 bits per heavy atom. The maximum Gasteiger partial charge on any atom is 0.257 e. The third-order valence-electron chi connectivity index (χ3n) is 4.72. The number of nitrogens with zero attached hydrogens (tertiary/aromatic N) is 3. The van der Waals surface area contributed by atoms with Crippen LogP contribution in [0.15, 0.2) is 6.07 Å². The molecule has 20 heavy (non-hydrogen) atoms. The van der Waals surface area contributed by atoms with Gasteiger partial charge >= 0.3 is 0 Å². The number of hydrogen-bond acceptors (Lipinski definition) is 3. The molecule has 0 aromatic carbocycles. The molecule has 0 radical (unpaired) electrons. The van der Waals surface area contributed by atoms with E-state index in [9.17, 15) is 4.79 Å². The van der Waals surface area contributed by atoms with Crippen LogP contribution in [0.5, 0.6) is 0 Å². The number of carbonyl (C=O) groups excluding carboxylic acids is 1. The fourth-order valence-electron chi connectivity index (χ4n) is 3.48. The second-order valence-corrected chi connectivity index (χ2v) is 6.62. The van der Waals surface area contributed by atoms with Crippen LogP contribution in [0.1, 0.15) is 48.9 Å². The summed E-state index contributed by atoms with van der Waals surface area (Å²) >= 11 is 11.7. The first-order chi connectivity index (χ1) is 9.60. The lowest BCUT2D eigenvalue weighted by Gasteiger charge is -2.39. The van der Waals surface area contributed by atoms with Crippen LogP contribution >= 0.6 is 23.2 Å². The highest BCUT2D eigenvalue weighted by molar-refractivity contribution is 6.34. The monoisotopic (exact) mass is 313 g/mol. The van der Waals surface area contributed by atoms with Crippen molar-refractivity contribution in [1.29, 1.82) is 0 Å². The summed E-state index contributed by atoms with van der Waals surface area (Å²) in [5.41, 5.74) is 0.850. The second kappa shape index (κ2) is 5.49. The molecule has 108 valence electrons. The lowest BCUT2D eigenvalue weighted by atomic mass is 9.77. The molecule has 1 amide bonds. The molecule has 1 spiro atoms. The van der Waals surface area contributed by atoms with Gasteiger partial charge in [-0.2, -0.15) is 0 Å². The normalized spacial score (nSPS) is 21.4. The predicted octanol–water partition coefficient (Wildman–Crippen LogP) is 3.58. The lowest BCUT2D eigenvalue weighted by Crippen LogP contribution is -2.42. The Hall–Kier alpha value is -0.870. The highest BCUT2D eigenvalue weighted by atomic mass is 35.5.